The molecule has 0 fully saturated rings. The lowest BCUT2D eigenvalue weighted by molar-refractivity contribution is 0.0734. The maximum absolute atomic E-state index is 12.0. The minimum atomic E-state index is -0.357. The number of hydrogen-bond donors (Lipinski definition) is 0. The molecular weight excluding hydrogens is 330 g/mol. The Morgan fingerprint density at radius 1 is 0.880 bits per heavy atom. The molecule has 2 aromatic carbocycles. The van der Waals surface area contributed by atoms with E-state index in [1.807, 2.05) is 29.6 Å². The molecule has 3 rings (SSSR count). The first-order chi connectivity index (χ1) is 12.3. The van der Waals surface area contributed by atoms with Gasteiger partial charge in [-0.05, 0) is 43.4 Å². The fourth-order valence-electron chi connectivity index (χ4n) is 2.62. The number of esters is 1. The molecule has 0 radical (unpaired) electrons. The maximum Gasteiger partial charge on any atom is 0.345 e. The summed E-state index contributed by atoms with van der Waals surface area (Å²) >= 11 is 1.38. The highest BCUT2D eigenvalue weighted by Gasteiger charge is 2.11. The lowest BCUT2D eigenvalue weighted by Gasteiger charge is -2.01. The highest BCUT2D eigenvalue weighted by Crippen LogP contribution is 2.21. The molecule has 0 unspecified atom stereocenters. The third-order valence-electron chi connectivity index (χ3n) is 3.96. The van der Waals surface area contributed by atoms with Crippen molar-refractivity contribution in [3.63, 3.8) is 0 Å². The Morgan fingerprint density at radius 3 is 2.32 bits per heavy atom. The number of rotatable bonds is 8. The summed E-state index contributed by atoms with van der Waals surface area (Å²) in [4.78, 5) is 16.4. The van der Waals surface area contributed by atoms with Gasteiger partial charge in [0.05, 0.1) is 11.3 Å². The molecule has 0 N–H and O–H groups in total. The minimum absolute atomic E-state index is 0.357. The van der Waals surface area contributed by atoms with Crippen LogP contribution in [0.5, 0.6) is 5.19 Å². The van der Waals surface area contributed by atoms with Crippen LogP contribution in [-0.2, 0) is 12.8 Å². The topological polar surface area (TPSA) is 39.2 Å². The van der Waals surface area contributed by atoms with Crippen molar-refractivity contribution in [2.75, 3.05) is 0 Å². The first kappa shape index (κ1) is 17.4. The first-order valence-electron chi connectivity index (χ1n) is 8.57. The van der Waals surface area contributed by atoms with E-state index in [0.717, 1.165) is 25.0 Å². The summed E-state index contributed by atoms with van der Waals surface area (Å²) in [6.45, 7) is 0. The molecule has 0 spiro atoms. The third-order valence-corrected chi connectivity index (χ3v) is 4.73. The number of hydrogen-bond acceptors (Lipinski definition) is 4. The molecular formula is C21H21NO2S. The second-order valence-electron chi connectivity index (χ2n) is 5.91. The van der Waals surface area contributed by atoms with Crippen LogP contribution in [0.1, 0.15) is 40.9 Å². The largest absolute Gasteiger partial charge is 0.394 e. The molecule has 0 saturated heterocycles. The van der Waals surface area contributed by atoms with E-state index in [2.05, 4.69) is 29.2 Å². The molecule has 3 aromatic rings. The van der Waals surface area contributed by atoms with Crippen molar-refractivity contribution in [3.05, 3.63) is 82.9 Å². The van der Waals surface area contributed by atoms with Gasteiger partial charge in [-0.1, -0.05) is 66.3 Å². The molecule has 0 bridgehead atoms. The van der Waals surface area contributed by atoms with Crippen molar-refractivity contribution in [2.24, 2.45) is 0 Å². The van der Waals surface area contributed by atoms with Crippen LogP contribution >= 0.6 is 11.3 Å². The van der Waals surface area contributed by atoms with E-state index in [4.69, 9.17) is 4.74 Å². The average molecular weight is 351 g/mol. The van der Waals surface area contributed by atoms with Crippen molar-refractivity contribution in [2.45, 2.75) is 32.1 Å². The lowest BCUT2D eigenvalue weighted by atomic mass is 10.1. The Morgan fingerprint density at radius 2 is 1.56 bits per heavy atom. The quantitative estimate of drug-likeness (QED) is 0.407. The zero-order valence-corrected chi connectivity index (χ0v) is 14.9. The van der Waals surface area contributed by atoms with Crippen molar-refractivity contribution < 1.29 is 9.53 Å². The Labute approximate surface area is 152 Å². The highest BCUT2D eigenvalue weighted by molar-refractivity contribution is 7.11. The predicted molar refractivity (Wildman–Crippen MR) is 101 cm³/mol. The summed E-state index contributed by atoms with van der Waals surface area (Å²) in [5.41, 5.74) is 2.94. The minimum Gasteiger partial charge on any atom is -0.394 e. The van der Waals surface area contributed by atoms with Gasteiger partial charge in [-0.25, -0.2) is 9.78 Å². The average Bonchev–Trinajstić information content (AvgIpc) is 3.10. The van der Waals surface area contributed by atoms with E-state index in [-0.39, 0.29) is 5.97 Å². The number of aryl methyl sites for hydroxylation is 2. The molecule has 0 saturated carbocycles. The van der Waals surface area contributed by atoms with E-state index in [0.29, 0.717) is 10.8 Å². The van der Waals surface area contributed by atoms with Gasteiger partial charge in [0.2, 0.25) is 0 Å². The standard InChI is InChI=1S/C21H21NO2S/c23-20(18-13-7-3-8-14-18)24-21-22-19(16-25-21)15-9-2-6-12-17-10-4-1-5-11-17/h1,3-5,7-8,10-11,13-14,16H,2,6,9,12,15H2. The number of unbranched alkanes of at least 4 members (excludes halogenated alkanes) is 2. The van der Waals surface area contributed by atoms with Gasteiger partial charge in [-0.3, -0.25) is 0 Å². The molecule has 128 valence electrons. The van der Waals surface area contributed by atoms with E-state index in [1.165, 1.54) is 29.7 Å². The van der Waals surface area contributed by atoms with Gasteiger partial charge in [0.25, 0.3) is 5.19 Å². The van der Waals surface area contributed by atoms with Crippen molar-refractivity contribution in [1.82, 2.24) is 4.98 Å². The summed E-state index contributed by atoms with van der Waals surface area (Å²) in [5, 5.41) is 2.40. The number of aromatic nitrogens is 1. The molecule has 1 heterocycles. The number of carbonyl (C=O) groups is 1. The van der Waals surface area contributed by atoms with E-state index in [1.54, 1.807) is 12.1 Å². The van der Waals surface area contributed by atoms with Gasteiger partial charge in [0, 0.05) is 5.38 Å². The molecule has 3 nitrogen and oxygen atoms in total. The molecule has 0 amide bonds. The first-order valence-corrected chi connectivity index (χ1v) is 9.45. The van der Waals surface area contributed by atoms with Crippen LogP contribution in [0.4, 0.5) is 0 Å². The van der Waals surface area contributed by atoms with Crippen LogP contribution < -0.4 is 4.74 Å². The number of ether oxygens (including phenoxy) is 1. The zero-order valence-electron chi connectivity index (χ0n) is 14.1. The summed E-state index contributed by atoms with van der Waals surface area (Å²) in [6.07, 6.45) is 5.50. The molecule has 0 aliphatic heterocycles. The number of nitrogens with zero attached hydrogens (tertiary/aromatic N) is 1. The number of carbonyl (C=O) groups excluding carboxylic acids is 1. The molecule has 0 aliphatic rings. The van der Waals surface area contributed by atoms with Crippen LogP contribution in [0.15, 0.2) is 66.0 Å². The summed E-state index contributed by atoms with van der Waals surface area (Å²) < 4.78 is 5.33. The fraction of sp³-hybridized carbons (Fsp3) is 0.238. The van der Waals surface area contributed by atoms with Gasteiger partial charge in [0.1, 0.15) is 0 Å². The normalized spacial score (nSPS) is 10.6. The van der Waals surface area contributed by atoms with Crippen LogP contribution in [0, 0.1) is 0 Å². The van der Waals surface area contributed by atoms with E-state index in [9.17, 15) is 4.79 Å². The SMILES string of the molecule is O=C(Oc1nc(CCCCCc2ccccc2)cs1)c1ccccc1. The van der Waals surface area contributed by atoms with Crippen LogP contribution in [0.2, 0.25) is 0 Å². The Hall–Kier alpha value is -2.46. The number of benzene rings is 2. The van der Waals surface area contributed by atoms with Gasteiger partial charge in [0.15, 0.2) is 0 Å². The highest BCUT2D eigenvalue weighted by atomic mass is 32.1. The summed E-state index contributed by atoms with van der Waals surface area (Å²) in [6, 6.07) is 19.6. The van der Waals surface area contributed by atoms with E-state index < -0.39 is 0 Å². The third kappa shape index (κ3) is 5.54. The summed E-state index contributed by atoms with van der Waals surface area (Å²) in [5.74, 6) is -0.357. The second kappa shape index (κ2) is 9.14. The Kier molecular flexibility index (Phi) is 6.35. The van der Waals surface area contributed by atoms with E-state index >= 15 is 0 Å². The zero-order chi connectivity index (χ0) is 17.3. The van der Waals surface area contributed by atoms with Gasteiger partial charge < -0.3 is 4.74 Å². The van der Waals surface area contributed by atoms with Gasteiger partial charge in [-0.2, -0.15) is 0 Å². The second-order valence-corrected chi connectivity index (χ2v) is 6.73. The lowest BCUT2D eigenvalue weighted by Crippen LogP contribution is -2.07. The molecule has 4 heteroatoms. The van der Waals surface area contributed by atoms with Crippen LogP contribution in [0.25, 0.3) is 0 Å². The Balaban J connectivity index is 1.39. The molecule has 25 heavy (non-hydrogen) atoms. The van der Waals surface area contributed by atoms with Crippen LogP contribution in [-0.4, -0.2) is 11.0 Å². The maximum atomic E-state index is 12.0. The predicted octanol–water partition coefficient (Wildman–Crippen LogP) is 5.32. The Bertz CT molecular complexity index is 784. The van der Waals surface area contributed by atoms with Gasteiger partial charge >= 0.3 is 5.97 Å². The fourth-order valence-corrected chi connectivity index (χ4v) is 3.32. The van der Waals surface area contributed by atoms with Crippen molar-refractivity contribution in [1.29, 1.82) is 0 Å². The summed E-state index contributed by atoms with van der Waals surface area (Å²) in [7, 11) is 0. The molecule has 0 atom stereocenters. The molecule has 1 aromatic heterocycles. The monoisotopic (exact) mass is 351 g/mol. The molecule has 0 aliphatic carbocycles. The van der Waals surface area contributed by atoms with Crippen LogP contribution in [0.3, 0.4) is 0 Å². The van der Waals surface area contributed by atoms with Gasteiger partial charge in [-0.15, -0.1) is 0 Å². The smallest absolute Gasteiger partial charge is 0.345 e. The van der Waals surface area contributed by atoms with Crippen molar-refractivity contribution in [3.8, 4) is 5.19 Å². The van der Waals surface area contributed by atoms with Crippen molar-refractivity contribution >= 4 is 17.3 Å². The number of thiazole rings is 1.